The maximum atomic E-state index is 10.2. The zero-order chi connectivity index (χ0) is 10.4. The van der Waals surface area contributed by atoms with Gasteiger partial charge in [0.15, 0.2) is 0 Å². The van der Waals surface area contributed by atoms with E-state index in [4.69, 9.17) is 4.55 Å². The molecule has 2 rings (SSSR count). The Bertz CT molecular complexity index is 412. The molecule has 5 heteroatoms. The molecule has 0 amide bonds. The van der Waals surface area contributed by atoms with Crippen LogP contribution in [0.2, 0.25) is 0 Å². The average molecular weight is 311 g/mol. The molecule has 0 bridgehead atoms. The van der Waals surface area contributed by atoms with Crippen molar-refractivity contribution in [2.75, 3.05) is 0 Å². The number of hydrogen-bond acceptors (Lipinski definition) is 2. The van der Waals surface area contributed by atoms with Gasteiger partial charge in [0.05, 0.1) is 0 Å². The summed E-state index contributed by atoms with van der Waals surface area (Å²) in [7, 11) is -3.96. The van der Waals surface area contributed by atoms with E-state index in [1.165, 1.54) is 12.1 Å². The van der Waals surface area contributed by atoms with Gasteiger partial charge in [0.25, 0.3) is 0 Å². The van der Waals surface area contributed by atoms with Gasteiger partial charge in [0.1, 0.15) is 0 Å². The summed E-state index contributed by atoms with van der Waals surface area (Å²) in [5, 5.41) is 0. The molecular formula is C10H10O3RuS. The first-order valence-electron chi connectivity index (χ1n) is 3.96. The SMILES string of the molecule is O=S(=O)(O)[c-]1cccc1.[Ru+2].c1cc[cH-]c1. The van der Waals surface area contributed by atoms with Crippen LogP contribution in [0, 0.1) is 0 Å². The summed E-state index contributed by atoms with van der Waals surface area (Å²) in [6.45, 7) is 0. The zero-order valence-electron chi connectivity index (χ0n) is 7.72. The molecule has 0 saturated carbocycles. The van der Waals surface area contributed by atoms with Gasteiger partial charge in [-0.15, -0.1) is 0 Å². The summed E-state index contributed by atoms with van der Waals surface area (Å²) in [6.07, 6.45) is 0. The zero-order valence-corrected chi connectivity index (χ0v) is 10.3. The Morgan fingerprint density at radius 3 is 1.67 bits per heavy atom. The fourth-order valence-corrected chi connectivity index (χ4v) is 1.35. The second kappa shape index (κ2) is 6.67. The fourth-order valence-electron chi connectivity index (χ4n) is 0.849. The van der Waals surface area contributed by atoms with Crippen LogP contribution in [-0.2, 0) is 29.6 Å². The number of rotatable bonds is 1. The van der Waals surface area contributed by atoms with Crippen molar-refractivity contribution in [3.63, 3.8) is 0 Å². The Morgan fingerprint density at radius 1 is 1.00 bits per heavy atom. The molecule has 15 heavy (non-hydrogen) atoms. The minimum atomic E-state index is -3.96. The predicted molar refractivity (Wildman–Crippen MR) is 53.9 cm³/mol. The summed E-state index contributed by atoms with van der Waals surface area (Å²) in [5.74, 6) is 0. The van der Waals surface area contributed by atoms with Gasteiger partial charge in [-0.25, -0.2) is 32.7 Å². The van der Waals surface area contributed by atoms with E-state index in [0.29, 0.717) is 0 Å². The molecule has 0 aliphatic heterocycles. The summed E-state index contributed by atoms with van der Waals surface area (Å²) in [5.41, 5.74) is 0. The van der Waals surface area contributed by atoms with Crippen molar-refractivity contribution >= 4 is 10.1 Å². The third-order valence-electron chi connectivity index (χ3n) is 1.49. The topological polar surface area (TPSA) is 54.4 Å². The van der Waals surface area contributed by atoms with E-state index in [-0.39, 0.29) is 24.4 Å². The summed E-state index contributed by atoms with van der Waals surface area (Å²) in [6, 6.07) is 15.7. The van der Waals surface area contributed by atoms with Crippen molar-refractivity contribution in [2.24, 2.45) is 0 Å². The first-order valence-corrected chi connectivity index (χ1v) is 5.40. The van der Waals surface area contributed by atoms with Crippen LogP contribution in [0.3, 0.4) is 0 Å². The molecule has 0 unspecified atom stereocenters. The number of hydrogen-bond donors (Lipinski definition) is 1. The van der Waals surface area contributed by atoms with Crippen LogP contribution in [0.1, 0.15) is 0 Å². The van der Waals surface area contributed by atoms with E-state index in [9.17, 15) is 8.42 Å². The molecule has 82 valence electrons. The first-order chi connectivity index (χ1) is 6.61. The van der Waals surface area contributed by atoms with Gasteiger partial charge in [-0.1, -0.05) is 0 Å². The molecule has 2 aromatic rings. The maximum absolute atomic E-state index is 10.2. The summed E-state index contributed by atoms with van der Waals surface area (Å²) >= 11 is 0. The van der Waals surface area contributed by atoms with E-state index in [0.717, 1.165) is 0 Å². The van der Waals surface area contributed by atoms with Crippen LogP contribution in [0.5, 0.6) is 0 Å². The molecular weight excluding hydrogens is 301 g/mol. The van der Waals surface area contributed by atoms with Crippen molar-refractivity contribution < 1.29 is 32.4 Å². The Balaban J connectivity index is 0.000000280. The van der Waals surface area contributed by atoms with E-state index in [1.54, 1.807) is 12.1 Å². The van der Waals surface area contributed by atoms with E-state index >= 15 is 0 Å². The molecule has 0 saturated heterocycles. The van der Waals surface area contributed by atoms with E-state index in [2.05, 4.69) is 0 Å². The molecule has 2 aromatic carbocycles. The van der Waals surface area contributed by atoms with Crippen LogP contribution in [0.4, 0.5) is 0 Å². The van der Waals surface area contributed by atoms with Gasteiger partial charge in [-0.05, 0) is 4.90 Å². The van der Waals surface area contributed by atoms with Gasteiger partial charge in [0.2, 0.25) is 10.1 Å². The van der Waals surface area contributed by atoms with Gasteiger partial charge in [-0.3, -0.25) is 4.55 Å². The Kier molecular flexibility index (Phi) is 6.33. The van der Waals surface area contributed by atoms with Crippen LogP contribution in [-0.4, -0.2) is 13.0 Å². The average Bonchev–Trinajstić information content (AvgIpc) is 2.80. The molecule has 3 nitrogen and oxygen atoms in total. The van der Waals surface area contributed by atoms with Crippen molar-refractivity contribution in [3.8, 4) is 0 Å². The minimum absolute atomic E-state index is 0. The molecule has 0 aliphatic carbocycles. The fraction of sp³-hybridized carbons (Fsp3) is 0. The minimum Gasteiger partial charge on any atom is -0.291 e. The van der Waals surface area contributed by atoms with Gasteiger partial charge in [0, 0.05) is 0 Å². The van der Waals surface area contributed by atoms with Crippen molar-refractivity contribution in [1.29, 1.82) is 0 Å². The van der Waals surface area contributed by atoms with Gasteiger partial charge < -0.3 is 0 Å². The molecule has 0 heterocycles. The van der Waals surface area contributed by atoms with Gasteiger partial charge in [-0.2, -0.15) is 30.3 Å². The standard InChI is InChI=1S/C5H5O3S.C5H5.Ru/c6-9(7,8)5-3-1-2-4-5;1-2-4-5-3-1;/h1-4H,(H,6,7,8);1-5H;/q2*-1;+2. The largest absolute Gasteiger partial charge is 2.00 e. The van der Waals surface area contributed by atoms with Crippen LogP contribution in [0.25, 0.3) is 0 Å². The first kappa shape index (κ1) is 14.2. The van der Waals surface area contributed by atoms with Crippen molar-refractivity contribution in [2.45, 2.75) is 4.90 Å². The molecule has 0 aromatic heterocycles. The van der Waals surface area contributed by atoms with Gasteiger partial charge >= 0.3 is 19.5 Å². The third kappa shape index (κ3) is 5.62. The Hall–Kier alpha value is -0.767. The molecule has 0 atom stereocenters. The molecule has 0 radical (unpaired) electrons. The van der Waals surface area contributed by atoms with Crippen LogP contribution >= 0.6 is 0 Å². The summed E-state index contributed by atoms with van der Waals surface area (Å²) in [4.78, 5) is -0.0532. The Morgan fingerprint density at radius 2 is 1.47 bits per heavy atom. The van der Waals surface area contributed by atoms with E-state index in [1.807, 2.05) is 30.3 Å². The molecule has 0 fully saturated rings. The quantitative estimate of drug-likeness (QED) is 0.498. The smallest absolute Gasteiger partial charge is 0.291 e. The monoisotopic (exact) mass is 312 g/mol. The Labute approximate surface area is 102 Å². The van der Waals surface area contributed by atoms with Crippen LogP contribution in [0.15, 0.2) is 59.5 Å². The van der Waals surface area contributed by atoms with Crippen LogP contribution < -0.4 is 0 Å². The molecule has 0 aliphatic rings. The van der Waals surface area contributed by atoms with E-state index < -0.39 is 10.1 Å². The second-order valence-corrected chi connectivity index (χ2v) is 3.98. The molecule has 0 spiro atoms. The summed E-state index contributed by atoms with van der Waals surface area (Å²) < 4.78 is 28.8. The predicted octanol–water partition coefficient (Wildman–Crippen LogP) is 2.06. The normalized spacial score (nSPS) is 9.67. The maximum Gasteiger partial charge on any atom is 2.00 e. The third-order valence-corrected chi connectivity index (χ3v) is 2.35. The second-order valence-electron chi connectivity index (χ2n) is 2.56. The van der Waals surface area contributed by atoms with Crippen molar-refractivity contribution in [1.82, 2.24) is 0 Å². The molecule has 1 N–H and O–H groups in total. The van der Waals surface area contributed by atoms with Crippen molar-refractivity contribution in [3.05, 3.63) is 54.6 Å².